The van der Waals surface area contributed by atoms with Crippen LogP contribution in [0.4, 0.5) is 4.79 Å². The molecule has 2 amide bonds. The summed E-state index contributed by atoms with van der Waals surface area (Å²) in [5, 5.41) is 0. The van der Waals surface area contributed by atoms with Crippen LogP contribution >= 0.6 is 0 Å². The third kappa shape index (κ3) is 7.23. The molecule has 54 valence electrons. The van der Waals surface area contributed by atoms with Gasteiger partial charge in [-0.15, -0.1) is 0 Å². The highest BCUT2D eigenvalue weighted by Crippen LogP contribution is 1.83. The number of rotatable bonds is 4. The van der Waals surface area contributed by atoms with Gasteiger partial charge in [-0.2, -0.15) is 0 Å². The van der Waals surface area contributed by atoms with Crippen molar-refractivity contribution in [2.24, 2.45) is 5.73 Å². The Morgan fingerprint density at radius 1 is 1.78 bits per heavy atom. The molecule has 0 spiro atoms. The molecule has 0 aromatic rings. The number of carbonyl (C=O) groups excluding carboxylic acids is 1. The summed E-state index contributed by atoms with van der Waals surface area (Å²) in [6.07, 6.45) is 1.97. The van der Waals surface area contributed by atoms with E-state index in [1.807, 2.05) is 12.4 Å². The van der Waals surface area contributed by atoms with Gasteiger partial charge < -0.3 is 5.73 Å². The third-order valence-corrected chi connectivity index (χ3v) is 0.773. The van der Waals surface area contributed by atoms with E-state index in [0.717, 1.165) is 12.8 Å². The number of nitrogens with two attached hydrogens (primary N) is 1. The summed E-state index contributed by atoms with van der Waals surface area (Å²) >= 11 is 0. The van der Waals surface area contributed by atoms with E-state index >= 15 is 0 Å². The Balaban J connectivity index is 2.83. The zero-order valence-corrected chi connectivity index (χ0v) is 5.52. The normalized spacial score (nSPS) is 9.00. The van der Waals surface area contributed by atoms with E-state index in [-0.39, 0.29) is 0 Å². The van der Waals surface area contributed by atoms with Crippen molar-refractivity contribution in [3.8, 4) is 0 Å². The first kappa shape index (κ1) is 8.23. The molecule has 0 saturated heterocycles. The van der Waals surface area contributed by atoms with E-state index in [1.54, 1.807) is 0 Å². The van der Waals surface area contributed by atoms with Crippen molar-refractivity contribution in [1.82, 2.24) is 5.48 Å². The molecular formula is C5H12N2O2. The molecule has 0 fully saturated rings. The van der Waals surface area contributed by atoms with E-state index < -0.39 is 6.03 Å². The monoisotopic (exact) mass is 132 g/mol. The van der Waals surface area contributed by atoms with Crippen LogP contribution in [-0.4, -0.2) is 12.6 Å². The maximum Gasteiger partial charge on any atom is 0.336 e. The Morgan fingerprint density at radius 3 is 2.89 bits per heavy atom. The zero-order chi connectivity index (χ0) is 7.11. The zero-order valence-electron chi connectivity index (χ0n) is 5.52. The molecule has 0 aliphatic rings. The number of nitrogens with one attached hydrogen (secondary N) is 1. The smallest absolute Gasteiger partial charge is 0.336 e. The lowest BCUT2D eigenvalue weighted by Crippen LogP contribution is -2.29. The highest BCUT2D eigenvalue weighted by atomic mass is 16.7. The number of unbranched alkanes of at least 4 members (excludes halogenated alkanes) is 1. The fraction of sp³-hybridized carbons (Fsp3) is 0.800. The Hall–Kier alpha value is -0.770. The van der Waals surface area contributed by atoms with Crippen LogP contribution in [0.25, 0.3) is 0 Å². The van der Waals surface area contributed by atoms with Gasteiger partial charge in [0.1, 0.15) is 0 Å². The summed E-state index contributed by atoms with van der Waals surface area (Å²) in [6.45, 7) is 2.56. The molecule has 0 heterocycles. The van der Waals surface area contributed by atoms with E-state index in [9.17, 15) is 4.79 Å². The molecule has 0 aromatic heterocycles. The number of hydrogen-bond acceptors (Lipinski definition) is 2. The van der Waals surface area contributed by atoms with Crippen molar-refractivity contribution in [3.05, 3.63) is 0 Å². The van der Waals surface area contributed by atoms with Gasteiger partial charge in [0, 0.05) is 0 Å². The molecule has 0 aromatic carbocycles. The average molecular weight is 132 g/mol. The van der Waals surface area contributed by atoms with Gasteiger partial charge in [0.25, 0.3) is 0 Å². The number of primary amides is 1. The van der Waals surface area contributed by atoms with Crippen LogP contribution in [-0.2, 0) is 4.84 Å². The Labute approximate surface area is 54.3 Å². The van der Waals surface area contributed by atoms with Crippen LogP contribution < -0.4 is 11.2 Å². The standard InChI is InChI=1S/C5H12N2O2/c1-2-3-4-9-7-5(6)8/h2-4H2,1H3,(H3,6,7,8). The van der Waals surface area contributed by atoms with Crippen LogP contribution in [0.2, 0.25) is 0 Å². The minimum Gasteiger partial charge on any atom is -0.350 e. The lowest BCUT2D eigenvalue weighted by atomic mass is 10.4. The summed E-state index contributed by atoms with van der Waals surface area (Å²) in [4.78, 5) is 14.6. The first-order valence-corrected chi connectivity index (χ1v) is 2.94. The van der Waals surface area contributed by atoms with Gasteiger partial charge in [-0.3, -0.25) is 4.84 Å². The molecule has 4 nitrogen and oxygen atoms in total. The summed E-state index contributed by atoms with van der Waals surface area (Å²) in [7, 11) is 0. The van der Waals surface area contributed by atoms with Crippen LogP contribution in [0.5, 0.6) is 0 Å². The molecule has 0 rings (SSSR count). The lowest BCUT2D eigenvalue weighted by Gasteiger charge is -1.99. The van der Waals surface area contributed by atoms with E-state index in [4.69, 9.17) is 5.73 Å². The number of hydrogen-bond donors (Lipinski definition) is 2. The summed E-state index contributed by atoms with van der Waals surface area (Å²) in [5.74, 6) is 0. The van der Waals surface area contributed by atoms with Crippen LogP contribution in [0.3, 0.4) is 0 Å². The van der Waals surface area contributed by atoms with E-state index in [1.165, 1.54) is 0 Å². The Morgan fingerprint density at radius 2 is 2.44 bits per heavy atom. The van der Waals surface area contributed by atoms with Crippen LogP contribution in [0, 0.1) is 0 Å². The first-order valence-electron chi connectivity index (χ1n) is 2.94. The van der Waals surface area contributed by atoms with Crippen molar-refractivity contribution in [3.63, 3.8) is 0 Å². The summed E-state index contributed by atoms with van der Waals surface area (Å²) in [5.41, 5.74) is 6.72. The lowest BCUT2D eigenvalue weighted by molar-refractivity contribution is 0.0625. The molecule has 0 saturated carbocycles. The highest BCUT2D eigenvalue weighted by molar-refractivity contribution is 5.70. The fourth-order valence-corrected chi connectivity index (χ4v) is 0.339. The SMILES string of the molecule is CCCCONC(N)=O. The van der Waals surface area contributed by atoms with Gasteiger partial charge in [0.15, 0.2) is 0 Å². The molecule has 0 radical (unpaired) electrons. The second kappa shape index (κ2) is 5.37. The molecule has 3 N–H and O–H groups in total. The number of urea groups is 1. The van der Waals surface area contributed by atoms with Gasteiger partial charge in [-0.1, -0.05) is 13.3 Å². The van der Waals surface area contributed by atoms with E-state index in [2.05, 4.69) is 4.84 Å². The quantitative estimate of drug-likeness (QED) is 0.429. The molecular weight excluding hydrogens is 120 g/mol. The first-order chi connectivity index (χ1) is 4.27. The second-order valence-electron chi connectivity index (χ2n) is 1.67. The van der Waals surface area contributed by atoms with Gasteiger partial charge in [0.2, 0.25) is 0 Å². The van der Waals surface area contributed by atoms with Crippen molar-refractivity contribution in [2.45, 2.75) is 19.8 Å². The highest BCUT2D eigenvalue weighted by Gasteiger charge is 1.88. The topological polar surface area (TPSA) is 64.3 Å². The fourth-order valence-electron chi connectivity index (χ4n) is 0.339. The molecule has 0 atom stereocenters. The minimum atomic E-state index is -0.647. The number of amides is 2. The Kier molecular flexibility index (Phi) is 4.91. The second-order valence-corrected chi connectivity index (χ2v) is 1.67. The van der Waals surface area contributed by atoms with Crippen molar-refractivity contribution < 1.29 is 9.63 Å². The predicted octanol–water partition coefficient (Wildman–Crippen LogP) is 0.386. The van der Waals surface area contributed by atoms with Crippen LogP contribution in [0.15, 0.2) is 0 Å². The maximum atomic E-state index is 9.95. The van der Waals surface area contributed by atoms with E-state index in [0.29, 0.717) is 6.61 Å². The van der Waals surface area contributed by atoms with Crippen molar-refractivity contribution >= 4 is 6.03 Å². The molecule has 0 aliphatic carbocycles. The number of carbonyl (C=O) groups is 1. The minimum absolute atomic E-state index is 0.527. The number of hydroxylamine groups is 1. The van der Waals surface area contributed by atoms with Crippen molar-refractivity contribution in [1.29, 1.82) is 0 Å². The van der Waals surface area contributed by atoms with Crippen molar-refractivity contribution in [2.75, 3.05) is 6.61 Å². The van der Waals surface area contributed by atoms with Gasteiger partial charge in [0.05, 0.1) is 6.61 Å². The molecule has 9 heavy (non-hydrogen) atoms. The average Bonchev–Trinajstić information content (AvgIpc) is 1.80. The molecule has 0 bridgehead atoms. The largest absolute Gasteiger partial charge is 0.350 e. The Bertz CT molecular complexity index is 85.0. The maximum absolute atomic E-state index is 9.95. The molecule has 0 unspecified atom stereocenters. The van der Waals surface area contributed by atoms with Gasteiger partial charge >= 0.3 is 6.03 Å². The molecule has 0 aliphatic heterocycles. The van der Waals surface area contributed by atoms with Gasteiger partial charge in [-0.25, -0.2) is 10.3 Å². The third-order valence-electron chi connectivity index (χ3n) is 0.773. The van der Waals surface area contributed by atoms with Crippen LogP contribution in [0.1, 0.15) is 19.8 Å². The van der Waals surface area contributed by atoms with Gasteiger partial charge in [-0.05, 0) is 6.42 Å². The summed E-state index contributed by atoms with van der Waals surface area (Å²) in [6, 6.07) is -0.647. The molecule has 4 heteroatoms. The summed E-state index contributed by atoms with van der Waals surface area (Å²) < 4.78 is 0. The predicted molar refractivity (Wildman–Crippen MR) is 33.6 cm³/mol.